The maximum atomic E-state index is 9.56. The van der Waals surface area contributed by atoms with Gasteiger partial charge in [-0.3, -0.25) is 33.7 Å². The standard InChI is InChI=1S/8C2H6OS.4ClH.Ru/c8*1-4(2)3;;;;;/h8*1-2H3;4*1H;/q;;;;;;;;;;;;+4/p-4. The van der Waals surface area contributed by atoms with E-state index < -0.39 is 86.4 Å². The van der Waals surface area contributed by atoms with Crippen molar-refractivity contribution >= 4 is 86.4 Å². The molecule has 0 saturated heterocycles. The molecule has 0 aromatic heterocycles. The van der Waals surface area contributed by atoms with Crippen molar-refractivity contribution in [2.24, 2.45) is 0 Å². The van der Waals surface area contributed by atoms with E-state index in [4.69, 9.17) is 0 Å². The molecule has 0 bridgehead atoms. The first kappa shape index (κ1) is 83.5. The van der Waals surface area contributed by atoms with E-state index in [2.05, 4.69) is 0 Å². The van der Waals surface area contributed by atoms with Gasteiger partial charge in [-0.15, -0.1) is 0 Å². The number of hydrogen-bond donors (Lipinski definition) is 0. The molecule has 0 N–H and O–H groups in total. The predicted octanol–water partition coefficient (Wildman–Crippen LogP) is -12.0. The molecule has 0 aliphatic carbocycles. The van der Waals surface area contributed by atoms with Crippen LogP contribution in [-0.2, 0) is 106 Å². The van der Waals surface area contributed by atoms with Crippen molar-refractivity contribution in [2.45, 2.75) is 0 Å². The van der Waals surface area contributed by atoms with Crippen molar-refractivity contribution in [1.29, 1.82) is 0 Å². The van der Waals surface area contributed by atoms with Crippen LogP contribution in [0.3, 0.4) is 0 Å². The minimum Gasteiger partial charge on any atom is -1.00 e. The molecule has 37 heavy (non-hydrogen) atoms. The van der Waals surface area contributed by atoms with Crippen molar-refractivity contribution in [3.63, 3.8) is 0 Å². The third-order valence-corrected chi connectivity index (χ3v) is 0. The Labute approximate surface area is 286 Å². The Morgan fingerprint density at radius 3 is 0.216 bits per heavy atom. The average molecular weight is 868 g/mol. The molecule has 0 fully saturated rings. The number of halogens is 4. The van der Waals surface area contributed by atoms with Gasteiger partial charge in [0.25, 0.3) is 0 Å². The van der Waals surface area contributed by atoms with Crippen LogP contribution in [0.15, 0.2) is 0 Å². The van der Waals surface area contributed by atoms with Gasteiger partial charge in [-0.05, 0) is 0 Å². The summed E-state index contributed by atoms with van der Waals surface area (Å²) in [5.74, 6) is 0. The summed E-state index contributed by atoms with van der Waals surface area (Å²) in [6, 6.07) is 0. The van der Waals surface area contributed by atoms with Gasteiger partial charge in [0.05, 0.1) is 0 Å². The van der Waals surface area contributed by atoms with E-state index in [1.165, 1.54) is 0 Å². The van der Waals surface area contributed by atoms with Crippen LogP contribution in [0, 0.1) is 0 Å². The van der Waals surface area contributed by atoms with E-state index in [0.717, 1.165) is 0 Å². The summed E-state index contributed by atoms with van der Waals surface area (Å²) in [5.41, 5.74) is 0. The van der Waals surface area contributed by atoms with Gasteiger partial charge < -0.3 is 49.6 Å². The molecule has 0 spiro atoms. The van der Waals surface area contributed by atoms with Crippen LogP contribution in [0.25, 0.3) is 0 Å². The van der Waals surface area contributed by atoms with Crippen LogP contribution in [-0.4, -0.2) is 134 Å². The Bertz CT molecular complexity index is 401. The third-order valence-electron chi connectivity index (χ3n) is 0. The van der Waals surface area contributed by atoms with Crippen molar-refractivity contribution in [3.8, 4) is 0 Å². The predicted molar refractivity (Wildman–Crippen MR) is 160 cm³/mol. The minimum absolute atomic E-state index is 0. The van der Waals surface area contributed by atoms with Crippen molar-refractivity contribution in [1.82, 2.24) is 0 Å². The van der Waals surface area contributed by atoms with Crippen LogP contribution < -0.4 is 49.6 Å². The van der Waals surface area contributed by atoms with E-state index in [9.17, 15) is 33.7 Å². The molecule has 0 unspecified atom stereocenters. The maximum absolute atomic E-state index is 9.56. The van der Waals surface area contributed by atoms with Crippen molar-refractivity contribution in [2.75, 3.05) is 100 Å². The Morgan fingerprint density at radius 2 is 0.216 bits per heavy atom. The monoisotopic (exact) mass is 866 g/mol. The smallest absolute Gasteiger partial charge is 1.00 e. The summed E-state index contributed by atoms with van der Waals surface area (Å²) in [5, 5.41) is 0. The first-order valence-electron chi connectivity index (χ1n) is 7.87. The van der Waals surface area contributed by atoms with Crippen molar-refractivity contribution in [3.05, 3.63) is 0 Å². The summed E-state index contributed by atoms with van der Waals surface area (Å²) in [6.07, 6.45) is 26.2. The Balaban J connectivity index is -0.0000000159. The second kappa shape index (κ2) is 77.2. The quantitative estimate of drug-likeness (QED) is 0.220. The van der Waals surface area contributed by atoms with Crippen LogP contribution in [0.5, 0.6) is 0 Å². The van der Waals surface area contributed by atoms with Gasteiger partial charge in [-0.25, -0.2) is 0 Å². The molecule has 0 rings (SSSR count). The van der Waals surface area contributed by atoms with Crippen molar-refractivity contribution < 1.29 is 103 Å². The molecular formula is C16H48Cl4O8RuS8. The zero-order valence-corrected chi connectivity index (χ0v) is 35.7. The fourth-order valence-electron chi connectivity index (χ4n) is 0. The Hall–Kier alpha value is 2.98. The molecule has 0 saturated carbocycles. The molecule has 0 atom stereocenters. The second-order valence-corrected chi connectivity index (χ2v) is 17.8. The average Bonchev–Trinajstić information content (AvgIpc) is 2.30. The van der Waals surface area contributed by atoms with E-state index in [0.29, 0.717) is 0 Å². The van der Waals surface area contributed by atoms with E-state index in [-0.39, 0.29) is 69.1 Å². The van der Waals surface area contributed by atoms with Gasteiger partial charge in [0.2, 0.25) is 0 Å². The molecule has 0 heterocycles. The maximum Gasteiger partial charge on any atom is 4.00 e. The van der Waals surface area contributed by atoms with Gasteiger partial charge in [0.1, 0.15) is 0 Å². The number of hydrogen-bond acceptors (Lipinski definition) is 8. The molecule has 0 aromatic carbocycles. The van der Waals surface area contributed by atoms with Crippen LogP contribution in [0.4, 0.5) is 0 Å². The molecular weight excluding hydrogens is 820 g/mol. The van der Waals surface area contributed by atoms with Gasteiger partial charge >= 0.3 is 19.5 Å². The van der Waals surface area contributed by atoms with Crippen LogP contribution in [0.2, 0.25) is 0 Å². The topological polar surface area (TPSA) is 137 Å². The largest absolute Gasteiger partial charge is 4.00 e. The zero-order valence-electron chi connectivity index (χ0n) is 24.4. The summed E-state index contributed by atoms with van der Waals surface area (Å²) in [6.45, 7) is 0. The normalized spacial score (nSPS) is 7.57. The zero-order chi connectivity index (χ0) is 28.6. The molecule has 244 valence electrons. The summed E-state index contributed by atoms with van der Waals surface area (Å²) < 4.78 is 76.4. The molecule has 0 aromatic rings. The fourth-order valence-corrected chi connectivity index (χ4v) is 0. The number of rotatable bonds is 0. The molecule has 0 aliphatic heterocycles. The molecule has 0 amide bonds. The Kier molecular flexibility index (Phi) is 174. The minimum atomic E-state index is -0.611. The SMILES string of the molecule is CS(C)=O.CS(C)=O.CS(C)=O.CS(C)=O.CS(C)=O.CS(C)=O.CS(C)=O.CS(C)=O.[Cl-].[Cl-].[Cl-].[Cl-].[Ru+4]. The van der Waals surface area contributed by atoms with E-state index >= 15 is 0 Å². The molecule has 21 heteroatoms. The first-order chi connectivity index (χ1) is 13.9. The molecule has 8 nitrogen and oxygen atoms in total. The first-order valence-corrected chi connectivity index (χ1v) is 23.6. The van der Waals surface area contributed by atoms with Crippen LogP contribution in [0.1, 0.15) is 0 Å². The molecule has 0 radical (unpaired) electrons. The summed E-state index contributed by atoms with van der Waals surface area (Å²) in [7, 11) is -4.89. The van der Waals surface area contributed by atoms with Crippen LogP contribution >= 0.6 is 0 Å². The summed E-state index contributed by atoms with van der Waals surface area (Å²) >= 11 is 0. The van der Waals surface area contributed by atoms with Gasteiger partial charge in [0, 0.05) is 186 Å². The van der Waals surface area contributed by atoms with Gasteiger partial charge in [0.15, 0.2) is 0 Å². The van der Waals surface area contributed by atoms with E-state index in [1.807, 2.05) is 0 Å². The third kappa shape index (κ3) is 5990. The van der Waals surface area contributed by atoms with Gasteiger partial charge in [-0.2, -0.15) is 0 Å². The van der Waals surface area contributed by atoms with Gasteiger partial charge in [-0.1, -0.05) is 0 Å². The van der Waals surface area contributed by atoms with E-state index in [1.54, 1.807) is 100 Å². The molecule has 0 aliphatic rings. The Morgan fingerprint density at radius 1 is 0.216 bits per heavy atom. The fraction of sp³-hybridized carbons (Fsp3) is 1.00. The second-order valence-electron chi connectivity index (χ2n) is 5.93. The summed E-state index contributed by atoms with van der Waals surface area (Å²) in [4.78, 5) is 0.